The van der Waals surface area contributed by atoms with Crippen molar-refractivity contribution in [2.75, 3.05) is 11.4 Å². The molecular weight excluding hydrogens is 210 g/mol. The minimum absolute atomic E-state index is 0.158. The van der Waals surface area contributed by atoms with E-state index in [2.05, 4.69) is 5.10 Å². The van der Waals surface area contributed by atoms with E-state index in [1.54, 1.807) is 17.7 Å². The standard InChI is InChI=1S/C10H13N3O3/c1-6-4-13-8(3-7(2)11-13)12(10(6)16)5-9(14)15/h3,6H,4-5H2,1-2H3,(H,14,15). The Bertz CT molecular complexity index is 452. The van der Waals surface area contributed by atoms with Crippen LogP contribution in [0.2, 0.25) is 0 Å². The van der Waals surface area contributed by atoms with Crippen LogP contribution >= 0.6 is 0 Å². The fraction of sp³-hybridized carbons (Fsp3) is 0.500. The number of nitrogens with zero attached hydrogens (tertiary/aromatic N) is 3. The summed E-state index contributed by atoms with van der Waals surface area (Å²) in [4.78, 5) is 23.8. The number of fused-ring (bicyclic) bond motifs is 1. The third-order valence-corrected chi connectivity index (χ3v) is 2.59. The largest absolute Gasteiger partial charge is 0.480 e. The summed E-state index contributed by atoms with van der Waals surface area (Å²) in [5, 5.41) is 13.0. The number of hydrogen-bond donors (Lipinski definition) is 1. The second-order valence-electron chi connectivity index (χ2n) is 4.05. The van der Waals surface area contributed by atoms with Crippen molar-refractivity contribution in [2.24, 2.45) is 5.92 Å². The van der Waals surface area contributed by atoms with E-state index in [9.17, 15) is 9.59 Å². The predicted molar refractivity (Wildman–Crippen MR) is 56.1 cm³/mol. The summed E-state index contributed by atoms with van der Waals surface area (Å²) >= 11 is 0. The maximum absolute atomic E-state index is 11.9. The number of carbonyl (C=O) groups is 2. The number of rotatable bonds is 2. The van der Waals surface area contributed by atoms with Crippen LogP contribution in [0.4, 0.5) is 5.82 Å². The number of carboxylic acids is 1. The first-order valence-electron chi connectivity index (χ1n) is 5.06. The molecule has 1 aromatic heterocycles. The van der Waals surface area contributed by atoms with Crippen LogP contribution in [0.3, 0.4) is 0 Å². The van der Waals surface area contributed by atoms with Crippen LogP contribution in [0, 0.1) is 12.8 Å². The molecule has 1 aliphatic heterocycles. The van der Waals surface area contributed by atoms with Gasteiger partial charge in [0.25, 0.3) is 0 Å². The Hall–Kier alpha value is -1.85. The van der Waals surface area contributed by atoms with Crippen LogP contribution < -0.4 is 4.90 Å². The van der Waals surface area contributed by atoms with E-state index in [1.807, 2.05) is 6.92 Å². The van der Waals surface area contributed by atoms with Crippen LogP contribution in [0.25, 0.3) is 0 Å². The fourth-order valence-corrected chi connectivity index (χ4v) is 1.89. The van der Waals surface area contributed by atoms with Crippen molar-refractivity contribution >= 4 is 17.7 Å². The van der Waals surface area contributed by atoms with Crippen molar-refractivity contribution in [3.05, 3.63) is 11.8 Å². The Kier molecular flexibility index (Phi) is 2.41. The zero-order valence-corrected chi connectivity index (χ0v) is 9.17. The van der Waals surface area contributed by atoms with Gasteiger partial charge in [-0.15, -0.1) is 0 Å². The van der Waals surface area contributed by atoms with Crippen molar-refractivity contribution in [1.82, 2.24) is 9.78 Å². The van der Waals surface area contributed by atoms with E-state index in [1.165, 1.54) is 4.90 Å². The highest BCUT2D eigenvalue weighted by atomic mass is 16.4. The Labute approximate surface area is 92.5 Å². The summed E-state index contributed by atoms with van der Waals surface area (Å²) in [6, 6.07) is 1.73. The SMILES string of the molecule is Cc1cc2n(n1)CC(C)C(=O)N2CC(=O)O. The van der Waals surface area contributed by atoms with Crippen molar-refractivity contribution in [3.8, 4) is 0 Å². The number of carbonyl (C=O) groups excluding carboxylic acids is 1. The van der Waals surface area contributed by atoms with Crippen LogP contribution in [0.5, 0.6) is 0 Å². The molecule has 0 spiro atoms. The number of aliphatic carboxylic acids is 1. The lowest BCUT2D eigenvalue weighted by atomic mass is 10.1. The lowest BCUT2D eigenvalue weighted by molar-refractivity contribution is -0.137. The van der Waals surface area contributed by atoms with E-state index in [-0.39, 0.29) is 18.4 Å². The number of anilines is 1. The van der Waals surface area contributed by atoms with E-state index in [0.717, 1.165) is 5.69 Å². The average Bonchev–Trinajstić information content (AvgIpc) is 2.53. The summed E-state index contributed by atoms with van der Waals surface area (Å²) in [6.07, 6.45) is 0. The summed E-state index contributed by atoms with van der Waals surface area (Å²) in [6.45, 7) is 3.79. The van der Waals surface area contributed by atoms with Gasteiger partial charge in [0.05, 0.1) is 18.2 Å². The van der Waals surface area contributed by atoms with Gasteiger partial charge in [0.1, 0.15) is 12.4 Å². The Morgan fingerprint density at radius 1 is 1.69 bits per heavy atom. The Morgan fingerprint density at radius 3 is 3.00 bits per heavy atom. The molecule has 6 heteroatoms. The molecule has 16 heavy (non-hydrogen) atoms. The minimum atomic E-state index is -1.02. The zero-order chi connectivity index (χ0) is 11.9. The van der Waals surface area contributed by atoms with Crippen molar-refractivity contribution in [2.45, 2.75) is 20.4 Å². The van der Waals surface area contributed by atoms with Gasteiger partial charge < -0.3 is 5.11 Å². The van der Waals surface area contributed by atoms with Crippen LogP contribution in [-0.2, 0) is 16.1 Å². The maximum atomic E-state index is 11.9. The van der Waals surface area contributed by atoms with E-state index < -0.39 is 5.97 Å². The molecule has 6 nitrogen and oxygen atoms in total. The van der Waals surface area contributed by atoms with Crippen molar-refractivity contribution in [1.29, 1.82) is 0 Å². The predicted octanol–water partition coefficient (Wildman–Crippen LogP) is 0.259. The molecule has 1 aromatic rings. The lowest BCUT2D eigenvalue weighted by Crippen LogP contribution is -2.45. The number of hydrogen-bond acceptors (Lipinski definition) is 3. The molecular formula is C10H13N3O3. The first-order valence-corrected chi connectivity index (χ1v) is 5.06. The van der Waals surface area contributed by atoms with Crippen molar-refractivity contribution < 1.29 is 14.7 Å². The summed E-state index contributed by atoms with van der Waals surface area (Å²) in [5.74, 6) is -0.836. The van der Waals surface area contributed by atoms with Crippen molar-refractivity contribution in [3.63, 3.8) is 0 Å². The van der Waals surface area contributed by atoms with Gasteiger partial charge in [-0.3, -0.25) is 14.5 Å². The average molecular weight is 223 g/mol. The Balaban J connectivity index is 2.41. The lowest BCUT2D eigenvalue weighted by Gasteiger charge is -2.29. The topological polar surface area (TPSA) is 75.4 Å². The summed E-state index contributed by atoms with van der Waals surface area (Å²) < 4.78 is 1.68. The monoisotopic (exact) mass is 223 g/mol. The summed E-state index contributed by atoms with van der Waals surface area (Å²) in [7, 11) is 0. The molecule has 0 radical (unpaired) electrons. The van der Waals surface area contributed by atoms with Gasteiger partial charge in [0.2, 0.25) is 5.91 Å². The molecule has 0 bridgehead atoms. The third-order valence-electron chi connectivity index (χ3n) is 2.59. The molecule has 1 atom stereocenters. The van der Waals surface area contributed by atoms with E-state index >= 15 is 0 Å². The number of amides is 1. The molecule has 0 aliphatic carbocycles. The zero-order valence-electron chi connectivity index (χ0n) is 9.17. The smallest absolute Gasteiger partial charge is 0.323 e. The Morgan fingerprint density at radius 2 is 2.38 bits per heavy atom. The number of carboxylic acid groups (broad SMARTS) is 1. The molecule has 1 N–H and O–H groups in total. The maximum Gasteiger partial charge on any atom is 0.323 e. The fourth-order valence-electron chi connectivity index (χ4n) is 1.89. The van der Waals surface area contributed by atoms with Gasteiger partial charge in [0.15, 0.2) is 0 Å². The highest BCUT2D eigenvalue weighted by Crippen LogP contribution is 2.24. The van der Waals surface area contributed by atoms with Gasteiger partial charge in [-0.05, 0) is 6.92 Å². The first kappa shape index (κ1) is 10.7. The van der Waals surface area contributed by atoms with Gasteiger partial charge >= 0.3 is 5.97 Å². The van der Waals surface area contributed by atoms with E-state index in [0.29, 0.717) is 12.4 Å². The van der Waals surface area contributed by atoms with Gasteiger partial charge in [-0.25, -0.2) is 4.68 Å². The summed E-state index contributed by atoms with van der Waals surface area (Å²) in [5.41, 5.74) is 0.785. The van der Waals surface area contributed by atoms with Crippen LogP contribution in [0.15, 0.2) is 6.07 Å². The highest BCUT2D eigenvalue weighted by Gasteiger charge is 2.32. The molecule has 0 aromatic carbocycles. The molecule has 86 valence electrons. The van der Waals surface area contributed by atoms with E-state index in [4.69, 9.17) is 5.11 Å². The molecule has 1 aliphatic rings. The molecule has 1 unspecified atom stereocenters. The van der Waals surface area contributed by atoms with Gasteiger partial charge in [0, 0.05) is 6.07 Å². The number of aromatic nitrogens is 2. The normalized spacial score (nSPS) is 19.8. The molecule has 2 heterocycles. The molecule has 2 rings (SSSR count). The molecule has 0 saturated heterocycles. The highest BCUT2D eigenvalue weighted by molar-refractivity contribution is 5.98. The van der Waals surface area contributed by atoms with Gasteiger partial charge in [-0.2, -0.15) is 5.10 Å². The molecule has 0 fully saturated rings. The second-order valence-corrected chi connectivity index (χ2v) is 4.05. The van der Waals surface area contributed by atoms with Crippen LogP contribution in [-0.4, -0.2) is 33.3 Å². The first-order chi connectivity index (χ1) is 7.49. The number of aryl methyl sites for hydroxylation is 1. The molecule has 0 saturated carbocycles. The molecule has 1 amide bonds. The van der Waals surface area contributed by atoms with Gasteiger partial charge in [-0.1, -0.05) is 6.92 Å². The quantitative estimate of drug-likeness (QED) is 0.780. The second kappa shape index (κ2) is 3.62. The minimum Gasteiger partial charge on any atom is -0.480 e. The third kappa shape index (κ3) is 1.66. The van der Waals surface area contributed by atoms with Crippen LogP contribution in [0.1, 0.15) is 12.6 Å².